The van der Waals surface area contributed by atoms with E-state index in [1.807, 2.05) is 43.3 Å². The molecule has 0 aliphatic rings. The number of aromatic nitrogens is 1. The number of pyridine rings is 1. The van der Waals surface area contributed by atoms with Gasteiger partial charge >= 0.3 is 0 Å². The Morgan fingerprint density at radius 1 is 1.07 bits per heavy atom. The zero-order valence-electron chi connectivity index (χ0n) is 14.8. The highest BCUT2D eigenvalue weighted by atomic mass is 16.5. The molecule has 4 rings (SSSR count). The van der Waals surface area contributed by atoms with Crippen molar-refractivity contribution in [3.8, 4) is 5.75 Å². The summed E-state index contributed by atoms with van der Waals surface area (Å²) in [4.78, 5) is 23.7. The molecule has 0 atom stereocenters. The Morgan fingerprint density at radius 3 is 2.74 bits per heavy atom. The van der Waals surface area contributed by atoms with Crippen molar-refractivity contribution in [1.82, 2.24) is 4.57 Å². The monoisotopic (exact) mass is 362 g/mol. The van der Waals surface area contributed by atoms with E-state index < -0.39 is 0 Å². The van der Waals surface area contributed by atoms with Crippen molar-refractivity contribution in [2.45, 2.75) is 13.5 Å². The van der Waals surface area contributed by atoms with Crippen molar-refractivity contribution in [3.05, 3.63) is 71.1 Å². The molecule has 0 aliphatic heterocycles. The van der Waals surface area contributed by atoms with Gasteiger partial charge in [0, 0.05) is 29.6 Å². The van der Waals surface area contributed by atoms with Crippen molar-refractivity contribution in [3.63, 3.8) is 0 Å². The van der Waals surface area contributed by atoms with Crippen LogP contribution >= 0.6 is 0 Å². The number of amides is 1. The largest absolute Gasteiger partial charge is 0.484 e. The number of aryl methyl sites for hydroxylation is 1. The average Bonchev–Trinajstić information content (AvgIpc) is 3.06. The normalized spacial score (nSPS) is 11.0. The van der Waals surface area contributed by atoms with Gasteiger partial charge in [0.15, 0.2) is 6.61 Å². The number of fused-ring (bicyclic) bond motifs is 3. The standard InChI is InChI=1S/C21H18N2O4/c1-2-23-12-14(7-10-21(23)25)22-20(24)13-26-15-8-9-19-17(11-15)16-5-3-4-6-18(16)27-19/h3-12H,2,13H2,1H3,(H,22,24). The predicted molar refractivity (Wildman–Crippen MR) is 104 cm³/mol. The molecule has 1 amide bonds. The van der Waals surface area contributed by atoms with E-state index in [2.05, 4.69) is 5.32 Å². The quantitative estimate of drug-likeness (QED) is 0.586. The molecule has 4 aromatic rings. The van der Waals surface area contributed by atoms with E-state index in [4.69, 9.17) is 9.15 Å². The summed E-state index contributed by atoms with van der Waals surface area (Å²) in [5.74, 6) is 0.288. The van der Waals surface area contributed by atoms with E-state index >= 15 is 0 Å². The third-order valence-electron chi connectivity index (χ3n) is 4.33. The second kappa shape index (κ2) is 6.99. The first-order valence-corrected chi connectivity index (χ1v) is 8.68. The zero-order valence-corrected chi connectivity index (χ0v) is 14.8. The van der Waals surface area contributed by atoms with Crippen molar-refractivity contribution >= 4 is 33.5 Å². The third kappa shape index (κ3) is 3.42. The molecule has 136 valence electrons. The summed E-state index contributed by atoms with van der Waals surface area (Å²) >= 11 is 0. The maximum atomic E-state index is 12.2. The molecule has 0 spiro atoms. The third-order valence-corrected chi connectivity index (χ3v) is 4.33. The molecule has 0 saturated heterocycles. The van der Waals surface area contributed by atoms with E-state index in [9.17, 15) is 9.59 Å². The van der Waals surface area contributed by atoms with E-state index in [1.165, 1.54) is 10.6 Å². The summed E-state index contributed by atoms with van der Waals surface area (Å²) in [5, 5.41) is 4.68. The molecule has 0 fully saturated rings. The molecule has 1 N–H and O–H groups in total. The summed E-state index contributed by atoms with van der Waals surface area (Å²) in [6.45, 7) is 2.27. The fourth-order valence-electron chi connectivity index (χ4n) is 2.99. The summed E-state index contributed by atoms with van der Waals surface area (Å²) < 4.78 is 12.9. The van der Waals surface area contributed by atoms with Crippen LogP contribution in [0.25, 0.3) is 21.9 Å². The van der Waals surface area contributed by atoms with E-state index in [0.29, 0.717) is 18.0 Å². The first-order chi connectivity index (χ1) is 13.1. The number of ether oxygens (including phenoxy) is 1. The number of nitrogens with one attached hydrogen (secondary N) is 1. The number of anilines is 1. The number of hydrogen-bond donors (Lipinski definition) is 1. The van der Waals surface area contributed by atoms with Gasteiger partial charge in [-0.15, -0.1) is 0 Å². The van der Waals surface area contributed by atoms with E-state index in [-0.39, 0.29) is 18.1 Å². The van der Waals surface area contributed by atoms with Gasteiger partial charge in [0.1, 0.15) is 16.9 Å². The second-order valence-electron chi connectivity index (χ2n) is 6.14. The van der Waals surface area contributed by atoms with Crippen LogP contribution in [0.1, 0.15) is 6.92 Å². The summed E-state index contributed by atoms with van der Waals surface area (Å²) in [5.41, 5.74) is 2.04. The Bertz CT molecular complexity index is 1190. The lowest BCUT2D eigenvalue weighted by molar-refractivity contribution is -0.118. The van der Waals surface area contributed by atoms with Gasteiger partial charge in [-0.05, 0) is 37.3 Å². The zero-order chi connectivity index (χ0) is 18.8. The SMILES string of the molecule is CCn1cc(NC(=O)COc2ccc3oc4ccccc4c3c2)ccc1=O. The molecular formula is C21H18N2O4. The Labute approximate surface area is 155 Å². The van der Waals surface area contributed by atoms with Crippen molar-refractivity contribution in [1.29, 1.82) is 0 Å². The van der Waals surface area contributed by atoms with Gasteiger partial charge in [0.2, 0.25) is 0 Å². The van der Waals surface area contributed by atoms with Gasteiger partial charge in [-0.2, -0.15) is 0 Å². The van der Waals surface area contributed by atoms with Crippen LogP contribution in [0.4, 0.5) is 5.69 Å². The van der Waals surface area contributed by atoms with Gasteiger partial charge in [-0.1, -0.05) is 18.2 Å². The van der Waals surface area contributed by atoms with Crippen molar-refractivity contribution in [2.75, 3.05) is 11.9 Å². The van der Waals surface area contributed by atoms with Gasteiger partial charge in [0.25, 0.3) is 11.5 Å². The van der Waals surface area contributed by atoms with Crippen molar-refractivity contribution < 1.29 is 13.9 Å². The minimum absolute atomic E-state index is 0.104. The van der Waals surface area contributed by atoms with Crippen LogP contribution < -0.4 is 15.6 Å². The average molecular weight is 362 g/mol. The number of nitrogens with zero attached hydrogens (tertiary/aromatic N) is 1. The van der Waals surface area contributed by atoms with Crippen LogP contribution in [0.2, 0.25) is 0 Å². The molecular weight excluding hydrogens is 344 g/mol. The Kier molecular flexibility index (Phi) is 4.38. The molecule has 6 nitrogen and oxygen atoms in total. The molecule has 0 bridgehead atoms. The topological polar surface area (TPSA) is 73.5 Å². The minimum atomic E-state index is -0.298. The molecule has 0 radical (unpaired) electrons. The molecule has 27 heavy (non-hydrogen) atoms. The molecule has 2 aromatic heterocycles. The number of furan rings is 1. The number of benzene rings is 2. The number of carbonyl (C=O) groups is 1. The highest BCUT2D eigenvalue weighted by Gasteiger charge is 2.09. The summed E-state index contributed by atoms with van der Waals surface area (Å²) in [6.07, 6.45) is 1.61. The van der Waals surface area contributed by atoms with E-state index in [0.717, 1.165) is 21.9 Å². The highest BCUT2D eigenvalue weighted by Crippen LogP contribution is 2.31. The number of rotatable bonds is 5. The van der Waals surface area contributed by atoms with Crippen LogP contribution in [0.15, 0.2) is 70.0 Å². The molecule has 2 heterocycles. The molecule has 2 aromatic carbocycles. The first kappa shape index (κ1) is 16.9. The van der Waals surface area contributed by atoms with Crippen LogP contribution in [0.5, 0.6) is 5.75 Å². The van der Waals surface area contributed by atoms with Gasteiger partial charge in [0.05, 0.1) is 5.69 Å². The van der Waals surface area contributed by atoms with Crippen LogP contribution in [-0.4, -0.2) is 17.1 Å². The van der Waals surface area contributed by atoms with E-state index in [1.54, 1.807) is 18.3 Å². The smallest absolute Gasteiger partial charge is 0.262 e. The Balaban J connectivity index is 1.47. The van der Waals surface area contributed by atoms with Gasteiger partial charge in [-0.3, -0.25) is 9.59 Å². The molecule has 6 heteroatoms. The van der Waals surface area contributed by atoms with Crippen LogP contribution in [0.3, 0.4) is 0 Å². The molecule has 0 saturated carbocycles. The number of carbonyl (C=O) groups excluding carboxylic acids is 1. The fourth-order valence-corrected chi connectivity index (χ4v) is 2.99. The lowest BCUT2D eigenvalue weighted by Crippen LogP contribution is -2.23. The molecule has 0 unspecified atom stereocenters. The highest BCUT2D eigenvalue weighted by molar-refractivity contribution is 6.05. The Morgan fingerprint density at radius 2 is 1.89 bits per heavy atom. The minimum Gasteiger partial charge on any atom is -0.484 e. The number of para-hydroxylation sites is 1. The molecule has 0 aliphatic carbocycles. The maximum Gasteiger partial charge on any atom is 0.262 e. The van der Waals surface area contributed by atoms with Crippen molar-refractivity contribution in [2.24, 2.45) is 0 Å². The summed E-state index contributed by atoms with van der Waals surface area (Å²) in [7, 11) is 0. The van der Waals surface area contributed by atoms with Gasteiger partial charge in [-0.25, -0.2) is 0 Å². The predicted octanol–water partition coefficient (Wildman–Crippen LogP) is 3.79. The second-order valence-corrected chi connectivity index (χ2v) is 6.14. The Hall–Kier alpha value is -3.54. The number of hydrogen-bond acceptors (Lipinski definition) is 4. The van der Waals surface area contributed by atoms with Gasteiger partial charge < -0.3 is 19.0 Å². The first-order valence-electron chi connectivity index (χ1n) is 8.68. The lowest BCUT2D eigenvalue weighted by Gasteiger charge is -2.09. The lowest BCUT2D eigenvalue weighted by atomic mass is 10.1. The van der Waals surface area contributed by atoms with Crippen LogP contribution in [0, 0.1) is 0 Å². The fraction of sp³-hybridized carbons (Fsp3) is 0.143. The summed E-state index contributed by atoms with van der Waals surface area (Å²) in [6, 6.07) is 16.3. The maximum absolute atomic E-state index is 12.2. The van der Waals surface area contributed by atoms with Crippen LogP contribution in [-0.2, 0) is 11.3 Å².